The Bertz CT molecular complexity index is 973. The minimum Gasteiger partial charge on any atom is -0.383 e. The molecule has 4 rings (SSSR count). The van der Waals surface area contributed by atoms with Crippen LogP contribution in [-0.2, 0) is 17.8 Å². The van der Waals surface area contributed by atoms with Gasteiger partial charge in [-0.2, -0.15) is 0 Å². The number of nitrogen functional groups attached to an aromatic ring is 1. The number of aromatic nitrogens is 2. The normalized spacial score (nSPS) is 15.9. The molecule has 3 aromatic rings. The van der Waals surface area contributed by atoms with E-state index in [1.807, 2.05) is 24.3 Å². The minimum atomic E-state index is -0.459. The molecule has 3 heterocycles. The van der Waals surface area contributed by atoms with Crippen molar-refractivity contribution in [3.8, 4) is 0 Å². The van der Waals surface area contributed by atoms with Gasteiger partial charge in [0.2, 0.25) is 5.91 Å². The first-order valence-corrected chi connectivity index (χ1v) is 9.45. The summed E-state index contributed by atoms with van der Waals surface area (Å²) < 4.78 is 0.929. The van der Waals surface area contributed by atoms with Crippen molar-refractivity contribution in [2.24, 2.45) is 5.73 Å². The van der Waals surface area contributed by atoms with Gasteiger partial charge in [-0.1, -0.05) is 28.1 Å². The molecule has 1 aliphatic heterocycles. The van der Waals surface area contributed by atoms with Crippen molar-refractivity contribution in [1.82, 2.24) is 14.9 Å². The van der Waals surface area contributed by atoms with Crippen LogP contribution in [0.5, 0.6) is 0 Å². The standard InChI is InChI=1S/C17H16BrN5OS/c18-10-3-1-2-9(6-10)14(16(20)24)23-5-4-11-12(7-23)25-17-13(11)15(19)21-8-22-17/h1-3,6,8,14H,4-5,7H2,(H2,20,24)(H2,19,21,22). The SMILES string of the molecule is NC(=O)C(c1cccc(Br)c1)N1CCc2c(sc3ncnc(N)c23)C1. The molecular weight excluding hydrogens is 402 g/mol. The smallest absolute Gasteiger partial charge is 0.239 e. The number of fused-ring (bicyclic) bond motifs is 3. The topological polar surface area (TPSA) is 98.1 Å². The van der Waals surface area contributed by atoms with Crippen LogP contribution in [-0.4, -0.2) is 27.3 Å². The number of carbonyl (C=O) groups excluding carboxylic acids is 1. The number of nitrogens with two attached hydrogens (primary N) is 2. The summed E-state index contributed by atoms with van der Waals surface area (Å²) in [6, 6.07) is 7.27. The third kappa shape index (κ3) is 2.90. The summed E-state index contributed by atoms with van der Waals surface area (Å²) in [5.41, 5.74) is 13.9. The first kappa shape index (κ1) is 16.4. The summed E-state index contributed by atoms with van der Waals surface area (Å²) >= 11 is 5.07. The number of anilines is 1. The Morgan fingerprint density at radius 3 is 2.96 bits per heavy atom. The number of benzene rings is 1. The van der Waals surface area contributed by atoms with Gasteiger partial charge < -0.3 is 11.5 Å². The van der Waals surface area contributed by atoms with Crippen LogP contribution in [0.4, 0.5) is 5.82 Å². The van der Waals surface area contributed by atoms with Crippen LogP contribution in [0.15, 0.2) is 35.1 Å². The third-order valence-corrected chi connectivity index (χ3v) is 6.11. The quantitative estimate of drug-likeness (QED) is 0.682. The van der Waals surface area contributed by atoms with Crippen molar-refractivity contribution in [1.29, 1.82) is 0 Å². The van der Waals surface area contributed by atoms with Crippen LogP contribution in [0, 0.1) is 0 Å². The zero-order valence-electron chi connectivity index (χ0n) is 13.3. The van der Waals surface area contributed by atoms with Crippen LogP contribution < -0.4 is 11.5 Å². The van der Waals surface area contributed by atoms with Gasteiger partial charge in [0, 0.05) is 22.4 Å². The third-order valence-electron chi connectivity index (χ3n) is 4.49. The van der Waals surface area contributed by atoms with Gasteiger partial charge in [0.05, 0.1) is 5.39 Å². The van der Waals surface area contributed by atoms with Crippen molar-refractivity contribution >= 4 is 49.2 Å². The Morgan fingerprint density at radius 1 is 1.36 bits per heavy atom. The van der Waals surface area contributed by atoms with Gasteiger partial charge in [-0.15, -0.1) is 11.3 Å². The van der Waals surface area contributed by atoms with E-state index in [2.05, 4.69) is 30.8 Å². The molecule has 25 heavy (non-hydrogen) atoms. The molecule has 0 aliphatic carbocycles. The van der Waals surface area contributed by atoms with Crippen LogP contribution in [0.25, 0.3) is 10.2 Å². The van der Waals surface area contributed by atoms with Crippen molar-refractivity contribution in [3.63, 3.8) is 0 Å². The zero-order valence-corrected chi connectivity index (χ0v) is 15.7. The highest BCUT2D eigenvalue weighted by Crippen LogP contribution is 2.38. The number of rotatable bonds is 3. The second-order valence-corrected chi connectivity index (χ2v) is 8.02. The lowest BCUT2D eigenvalue weighted by atomic mass is 9.99. The van der Waals surface area contributed by atoms with Gasteiger partial charge in [0.25, 0.3) is 0 Å². The molecule has 1 unspecified atom stereocenters. The molecule has 0 bridgehead atoms. The second-order valence-electron chi connectivity index (χ2n) is 6.02. The number of carbonyl (C=O) groups is 1. The lowest BCUT2D eigenvalue weighted by Crippen LogP contribution is -2.40. The Balaban J connectivity index is 1.72. The van der Waals surface area contributed by atoms with Crippen LogP contribution in [0.3, 0.4) is 0 Å². The predicted octanol–water partition coefficient (Wildman–Crippen LogP) is 2.62. The molecular formula is C17H16BrN5OS. The van der Waals surface area contributed by atoms with Crippen LogP contribution in [0.2, 0.25) is 0 Å². The minimum absolute atomic E-state index is 0.345. The molecule has 1 atom stereocenters. The lowest BCUT2D eigenvalue weighted by molar-refractivity contribution is -0.123. The largest absolute Gasteiger partial charge is 0.383 e. The maximum absolute atomic E-state index is 12.2. The van der Waals surface area contributed by atoms with E-state index in [9.17, 15) is 4.79 Å². The first-order valence-electron chi connectivity index (χ1n) is 7.84. The van der Waals surface area contributed by atoms with Gasteiger partial charge >= 0.3 is 0 Å². The van der Waals surface area contributed by atoms with E-state index in [4.69, 9.17) is 11.5 Å². The molecule has 128 valence electrons. The number of hydrogen-bond donors (Lipinski definition) is 2. The number of halogens is 1. The van der Waals surface area contributed by atoms with E-state index >= 15 is 0 Å². The second kappa shape index (κ2) is 6.36. The number of hydrogen-bond acceptors (Lipinski definition) is 6. The fourth-order valence-corrected chi connectivity index (χ4v) is 5.06. The highest BCUT2D eigenvalue weighted by Gasteiger charge is 2.31. The lowest BCUT2D eigenvalue weighted by Gasteiger charge is -2.33. The highest BCUT2D eigenvalue weighted by atomic mass is 79.9. The Morgan fingerprint density at radius 2 is 2.20 bits per heavy atom. The maximum Gasteiger partial charge on any atom is 0.239 e. The number of amides is 1. The van der Waals surface area contributed by atoms with Crippen molar-refractivity contribution in [2.75, 3.05) is 12.3 Å². The fourth-order valence-electron chi connectivity index (χ4n) is 3.42. The maximum atomic E-state index is 12.2. The predicted molar refractivity (Wildman–Crippen MR) is 102 cm³/mol. The van der Waals surface area contributed by atoms with Crippen molar-refractivity contribution in [3.05, 3.63) is 51.1 Å². The summed E-state index contributed by atoms with van der Waals surface area (Å²) in [7, 11) is 0. The molecule has 2 aromatic heterocycles. The molecule has 0 fully saturated rings. The van der Waals surface area contributed by atoms with E-state index in [-0.39, 0.29) is 5.91 Å². The molecule has 1 aromatic carbocycles. The number of primary amides is 1. The summed E-state index contributed by atoms with van der Waals surface area (Å²) in [6.45, 7) is 1.38. The average Bonchev–Trinajstić information content (AvgIpc) is 2.93. The van der Waals surface area contributed by atoms with Gasteiger partial charge in [0.15, 0.2) is 0 Å². The number of thiophene rings is 1. The summed E-state index contributed by atoms with van der Waals surface area (Å²) in [6.07, 6.45) is 2.29. The molecule has 8 heteroatoms. The van der Waals surface area contributed by atoms with E-state index in [1.54, 1.807) is 11.3 Å². The van der Waals surface area contributed by atoms with E-state index in [0.29, 0.717) is 12.4 Å². The fraction of sp³-hybridized carbons (Fsp3) is 0.235. The molecule has 0 spiro atoms. The van der Waals surface area contributed by atoms with Gasteiger partial charge in [-0.25, -0.2) is 9.97 Å². The van der Waals surface area contributed by atoms with E-state index < -0.39 is 6.04 Å². The zero-order chi connectivity index (χ0) is 17.6. The number of nitrogens with zero attached hydrogens (tertiary/aromatic N) is 3. The Hall–Kier alpha value is -2.03. The summed E-state index contributed by atoms with van der Waals surface area (Å²) in [4.78, 5) is 24.8. The highest BCUT2D eigenvalue weighted by molar-refractivity contribution is 9.10. The van der Waals surface area contributed by atoms with Crippen molar-refractivity contribution in [2.45, 2.75) is 19.0 Å². The van der Waals surface area contributed by atoms with Gasteiger partial charge in [-0.3, -0.25) is 9.69 Å². The van der Waals surface area contributed by atoms with Crippen molar-refractivity contribution < 1.29 is 4.79 Å². The molecule has 0 saturated carbocycles. The Labute approximate surface area is 157 Å². The van der Waals surface area contributed by atoms with E-state index in [1.165, 1.54) is 16.8 Å². The molecule has 1 amide bonds. The van der Waals surface area contributed by atoms with Crippen LogP contribution in [0.1, 0.15) is 22.0 Å². The average molecular weight is 418 g/mol. The monoisotopic (exact) mass is 417 g/mol. The van der Waals surface area contributed by atoms with E-state index in [0.717, 1.165) is 33.2 Å². The first-order chi connectivity index (χ1) is 12.0. The van der Waals surface area contributed by atoms with Crippen LogP contribution >= 0.6 is 27.3 Å². The molecule has 0 saturated heterocycles. The summed E-state index contributed by atoms with van der Waals surface area (Å²) in [5.74, 6) is 0.177. The van der Waals surface area contributed by atoms with Gasteiger partial charge in [0.1, 0.15) is 23.0 Å². The molecule has 6 nitrogen and oxygen atoms in total. The van der Waals surface area contributed by atoms with Gasteiger partial charge in [-0.05, 0) is 29.7 Å². The Kier molecular flexibility index (Phi) is 4.18. The summed E-state index contributed by atoms with van der Waals surface area (Å²) in [5, 5.41) is 0.959. The molecule has 1 aliphatic rings. The molecule has 0 radical (unpaired) electrons. The molecule has 4 N–H and O–H groups in total.